The van der Waals surface area contributed by atoms with Crippen molar-refractivity contribution in [2.24, 2.45) is 5.92 Å². The Hall–Kier alpha value is -1.76. The average molecular weight is 524 g/mol. The Balaban J connectivity index is 0.000000651. The summed E-state index contributed by atoms with van der Waals surface area (Å²) in [6, 6.07) is 6.85. The van der Waals surface area contributed by atoms with Gasteiger partial charge < -0.3 is 41.4 Å². The van der Waals surface area contributed by atoms with E-state index in [2.05, 4.69) is 24.1 Å². The highest BCUT2D eigenvalue weighted by molar-refractivity contribution is 8.93. The summed E-state index contributed by atoms with van der Waals surface area (Å²) in [5.41, 5.74) is 3.36. The number of aromatic hydroxyl groups is 1. The molecule has 10 nitrogen and oxygen atoms in total. The van der Waals surface area contributed by atoms with E-state index in [0.29, 0.717) is 11.2 Å². The minimum atomic E-state index is -2.27. The smallest absolute Gasteiger partial charge is 0.335 e. The second kappa shape index (κ2) is 11.9. The number of carbonyl (C=O) groups is 2. The lowest BCUT2D eigenvalue weighted by molar-refractivity contribution is -0.165. The van der Waals surface area contributed by atoms with Crippen molar-refractivity contribution >= 4 is 28.9 Å². The monoisotopic (exact) mass is 523 g/mol. The van der Waals surface area contributed by atoms with Crippen LogP contribution in [-0.4, -0.2) is 85.2 Å². The summed E-state index contributed by atoms with van der Waals surface area (Å²) in [7, 11) is 2.30. The fraction of sp³-hybridized carbons (Fsp3) is 0.619. The maximum atomic E-state index is 9.91. The summed E-state index contributed by atoms with van der Waals surface area (Å²) in [6.07, 6.45) is 3.39. The molecule has 2 aliphatic carbocycles. The topological polar surface area (TPSA) is 202 Å². The molecule has 4 rings (SSSR count). The van der Waals surface area contributed by atoms with Gasteiger partial charge in [-0.3, -0.25) is 0 Å². The first kappa shape index (κ1) is 30.2. The van der Waals surface area contributed by atoms with Gasteiger partial charge in [0.05, 0.1) is 0 Å². The van der Waals surface area contributed by atoms with E-state index >= 15 is 0 Å². The molecule has 1 aromatic carbocycles. The van der Waals surface area contributed by atoms with Crippen molar-refractivity contribution < 1.29 is 46.1 Å². The van der Waals surface area contributed by atoms with Crippen LogP contribution < -0.4 is 0 Å². The van der Waals surface area contributed by atoms with Gasteiger partial charge in [-0.2, -0.15) is 0 Å². The fourth-order valence-electron chi connectivity index (χ4n) is 5.45. The van der Waals surface area contributed by atoms with Crippen LogP contribution in [0.4, 0.5) is 0 Å². The molecule has 0 amide bonds. The Labute approximate surface area is 196 Å². The van der Waals surface area contributed by atoms with Crippen LogP contribution in [0.5, 0.6) is 5.75 Å². The van der Waals surface area contributed by atoms with Gasteiger partial charge in [-0.15, -0.1) is 17.0 Å². The van der Waals surface area contributed by atoms with Gasteiger partial charge in [0.25, 0.3) is 0 Å². The number of carboxylic acid groups (broad SMARTS) is 2. The molecule has 184 valence electrons. The molecule has 1 saturated heterocycles. The number of benzene rings is 1. The van der Waals surface area contributed by atoms with Crippen molar-refractivity contribution in [2.45, 2.75) is 62.2 Å². The molecule has 32 heavy (non-hydrogen) atoms. The van der Waals surface area contributed by atoms with E-state index in [0.717, 1.165) is 12.0 Å². The third-order valence-corrected chi connectivity index (χ3v) is 6.90. The number of likely N-dealkylation sites (N-methyl/N-ethyl adjacent to an activating group) is 1. The maximum absolute atomic E-state index is 9.91. The van der Waals surface area contributed by atoms with E-state index in [1.54, 1.807) is 0 Å². The molecule has 0 unspecified atom stereocenters. The Kier molecular flexibility index (Phi) is 11.3. The first-order valence-electron chi connectivity index (χ1n) is 10.0. The number of halogens is 1. The number of nitrogens with zero attached hydrogens (tertiary/aromatic N) is 1. The number of phenolic OH excluding ortho intramolecular Hbond substituents is 1. The summed E-state index contributed by atoms with van der Waals surface area (Å²) in [6.45, 7) is 1.22. The molecule has 3 aliphatic rings. The van der Waals surface area contributed by atoms with Crippen LogP contribution in [0.25, 0.3) is 0 Å². The Morgan fingerprint density at radius 1 is 1.06 bits per heavy atom. The van der Waals surface area contributed by atoms with Crippen molar-refractivity contribution in [3.63, 3.8) is 0 Å². The van der Waals surface area contributed by atoms with E-state index in [9.17, 15) is 14.7 Å². The van der Waals surface area contributed by atoms with E-state index in [1.807, 2.05) is 6.07 Å². The van der Waals surface area contributed by atoms with Crippen LogP contribution in [-0.2, 0) is 21.4 Å². The summed E-state index contributed by atoms with van der Waals surface area (Å²) in [5, 5.41) is 42.4. The highest BCUT2D eigenvalue weighted by Crippen LogP contribution is 2.55. The van der Waals surface area contributed by atoms with Crippen LogP contribution in [0.15, 0.2) is 18.2 Å². The molecule has 1 aliphatic heterocycles. The minimum absolute atomic E-state index is 0. The summed E-state index contributed by atoms with van der Waals surface area (Å²) >= 11 is 0. The number of hydrogen-bond acceptors (Lipinski definition) is 6. The molecule has 1 aromatic rings. The number of carboxylic acids is 2. The second-order valence-corrected chi connectivity index (χ2v) is 8.42. The molecule has 9 N–H and O–H groups in total. The molecule has 5 atom stereocenters. The average Bonchev–Trinajstić information content (AvgIpc) is 2.70. The van der Waals surface area contributed by atoms with E-state index in [4.69, 9.17) is 20.4 Å². The van der Waals surface area contributed by atoms with Crippen molar-refractivity contribution in [1.82, 2.24) is 4.90 Å². The lowest BCUT2D eigenvalue weighted by atomic mass is 9.52. The normalized spacial score (nSPS) is 27.2. The van der Waals surface area contributed by atoms with Gasteiger partial charge in [0.15, 0.2) is 12.2 Å². The Bertz CT molecular complexity index is 775. The van der Waals surface area contributed by atoms with Gasteiger partial charge in [0.1, 0.15) is 5.75 Å². The number of aliphatic hydroxyl groups is 2. The highest BCUT2D eigenvalue weighted by Gasteiger charge is 2.53. The van der Waals surface area contributed by atoms with Gasteiger partial charge in [-0.1, -0.05) is 18.9 Å². The predicted molar refractivity (Wildman–Crippen MR) is 121 cm³/mol. The first-order chi connectivity index (χ1) is 13.7. The molecule has 11 heteroatoms. The summed E-state index contributed by atoms with van der Waals surface area (Å²) in [5.74, 6) is -2.27. The van der Waals surface area contributed by atoms with E-state index < -0.39 is 24.1 Å². The molecule has 2 bridgehead atoms. The SMILES string of the molecule is Br.CN1CC[C@]23CCCC[C@H]2[C@H]1Cc1ccc(O)cc13.O.O.O=C(O)[C@H](O)[C@@H](O)C(=O)O. The number of phenols is 1. The molecule has 2 fully saturated rings. The molecule has 1 heterocycles. The van der Waals surface area contributed by atoms with Crippen LogP contribution >= 0.6 is 17.0 Å². The minimum Gasteiger partial charge on any atom is -0.508 e. The second-order valence-electron chi connectivity index (χ2n) is 8.42. The molecule has 0 radical (unpaired) electrons. The summed E-state index contributed by atoms with van der Waals surface area (Å²) in [4.78, 5) is 22.1. The lowest BCUT2D eigenvalue weighted by Crippen LogP contribution is -2.59. The van der Waals surface area contributed by atoms with Gasteiger partial charge in [-0.05, 0) is 68.5 Å². The Morgan fingerprint density at radius 2 is 1.66 bits per heavy atom. The zero-order valence-electron chi connectivity index (χ0n) is 17.9. The zero-order valence-corrected chi connectivity index (χ0v) is 19.6. The largest absolute Gasteiger partial charge is 0.508 e. The molecule has 0 spiro atoms. The van der Waals surface area contributed by atoms with Crippen LogP contribution in [0.3, 0.4) is 0 Å². The number of fused-ring (bicyclic) bond motifs is 1. The van der Waals surface area contributed by atoms with Crippen molar-refractivity contribution in [2.75, 3.05) is 13.6 Å². The van der Waals surface area contributed by atoms with Crippen LogP contribution in [0.1, 0.15) is 43.2 Å². The lowest BCUT2D eigenvalue weighted by Gasteiger charge is -2.58. The summed E-state index contributed by atoms with van der Waals surface area (Å²) < 4.78 is 0. The molecule has 0 aromatic heterocycles. The Morgan fingerprint density at radius 3 is 2.22 bits per heavy atom. The molecular formula is C21H34BrNO9. The van der Waals surface area contributed by atoms with Crippen LogP contribution in [0, 0.1) is 5.92 Å². The first-order valence-corrected chi connectivity index (χ1v) is 10.0. The van der Waals surface area contributed by atoms with Gasteiger partial charge in [-0.25, -0.2) is 9.59 Å². The number of hydrogen-bond donors (Lipinski definition) is 5. The number of likely N-dealkylation sites (tertiary alicyclic amines) is 1. The van der Waals surface area contributed by atoms with Crippen molar-refractivity contribution in [1.29, 1.82) is 0 Å². The number of aliphatic hydroxyl groups excluding tert-OH is 2. The predicted octanol–water partition coefficient (Wildman–Crippen LogP) is -0.114. The van der Waals surface area contributed by atoms with Gasteiger partial charge in [0.2, 0.25) is 0 Å². The zero-order chi connectivity index (χ0) is 21.3. The third kappa shape index (κ3) is 5.59. The van der Waals surface area contributed by atoms with Crippen molar-refractivity contribution in [3.05, 3.63) is 29.3 Å². The maximum Gasteiger partial charge on any atom is 0.335 e. The number of piperidine rings is 1. The van der Waals surface area contributed by atoms with E-state index in [-0.39, 0.29) is 27.9 Å². The fourth-order valence-corrected chi connectivity index (χ4v) is 5.45. The van der Waals surface area contributed by atoms with E-state index in [1.165, 1.54) is 56.2 Å². The third-order valence-electron chi connectivity index (χ3n) is 6.90. The number of rotatable bonds is 3. The number of aliphatic carboxylic acids is 2. The van der Waals surface area contributed by atoms with Crippen molar-refractivity contribution in [3.8, 4) is 5.75 Å². The van der Waals surface area contributed by atoms with Crippen LogP contribution in [0.2, 0.25) is 0 Å². The van der Waals surface area contributed by atoms with Gasteiger partial charge >= 0.3 is 11.9 Å². The highest BCUT2D eigenvalue weighted by atomic mass is 79.9. The van der Waals surface area contributed by atoms with Gasteiger partial charge in [0, 0.05) is 11.5 Å². The molecular weight excluding hydrogens is 490 g/mol. The molecule has 1 saturated carbocycles. The standard InChI is InChI=1S/C17H23NO.C4H6O6.BrH.2H2O/c1-18-9-8-17-7-3-2-4-14(17)16(18)10-12-5-6-13(19)11-15(12)17;5-1(3(7)8)2(6)4(9)10;;;/h5-6,11,14,16,19H,2-4,7-10H2,1H3;1-2,5-6H,(H,7,8)(H,9,10);1H;2*1H2/t14-,16+,17+;1-,2-;;;/m01.../s1. The quantitative estimate of drug-likeness (QED) is 0.360.